The summed E-state index contributed by atoms with van der Waals surface area (Å²) in [6.45, 7) is 0.691. The lowest BCUT2D eigenvalue weighted by Gasteiger charge is -2.17. The Balaban J connectivity index is 0.00000130. The Morgan fingerprint density at radius 2 is 1.88 bits per heavy atom. The molecule has 1 N–H and O–H groups in total. The zero-order valence-corrected chi connectivity index (χ0v) is 19.1. The van der Waals surface area contributed by atoms with Crippen LogP contribution in [0.25, 0.3) is 11.2 Å². The molecule has 0 saturated heterocycles. The molecular weight excluding hydrogens is 492 g/mol. The van der Waals surface area contributed by atoms with Gasteiger partial charge in [0.1, 0.15) is 11.5 Å². The van der Waals surface area contributed by atoms with Crippen molar-refractivity contribution in [2.45, 2.75) is 6.42 Å². The second kappa shape index (κ2) is 8.30. The van der Waals surface area contributed by atoms with Gasteiger partial charge in [-0.25, -0.2) is 9.37 Å². The van der Waals surface area contributed by atoms with Crippen LogP contribution in [0.4, 0.5) is 10.1 Å². The molecule has 0 atom stereocenters. The van der Waals surface area contributed by atoms with Gasteiger partial charge in [-0.1, -0.05) is 11.6 Å². The van der Waals surface area contributed by atoms with Gasteiger partial charge in [0.15, 0.2) is 0 Å². The maximum atomic E-state index is 14.4. The minimum Gasteiger partial charge on any atom is -0.345 e. The Bertz CT molecular complexity index is 1440. The molecular formula is C22H15Cl3FN5O2. The second-order valence-corrected chi connectivity index (χ2v) is 7.87. The fraction of sp³-hybridized carbons (Fsp3) is 0.0909. The average molecular weight is 507 g/mol. The van der Waals surface area contributed by atoms with Crippen LogP contribution in [-0.4, -0.2) is 33.5 Å². The number of hydrogen-bond donors (Lipinski definition) is 1. The fourth-order valence-corrected chi connectivity index (χ4v) is 4.55. The maximum Gasteiger partial charge on any atom is 0.261 e. The van der Waals surface area contributed by atoms with E-state index < -0.39 is 17.6 Å². The molecule has 2 aromatic heterocycles. The first-order chi connectivity index (χ1) is 15.0. The van der Waals surface area contributed by atoms with Gasteiger partial charge in [0, 0.05) is 41.8 Å². The van der Waals surface area contributed by atoms with E-state index in [2.05, 4.69) is 15.3 Å². The number of aromatic nitrogens is 2. The van der Waals surface area contributed by atoms with Crippen molar-refractivity contribution < 1.29 is 14.0 Å². The van der Waals surface area contributed by atoms with Gasteiger partial charge in [0.2, 0.25) is 0 Å². The molecule has 33 heavy (non-hydrogen) atoms. The Kier molecular flexibility index (Phi) is 5.78. The number of nitrogens with zero attached hydrogens (tertiary/aromatic N) is 4. The third kappa shape index (κ3) is 3.42. The number of amides is 2. The van der Waals surface area contributed by atoms with Crippen molar-refractivity contribution in [2.75, 3.05) is 11.4 Å². The quantitative estimate of drug-likeness (QED) is 0.538. The number of hydrogen-bond acceptors (Lipinski definition) is 5. The predicted molar refractivity (Wildman–Crippen MR) is 128 cm³/mol. The standard InChI is InChI=1S/C22H13ClFN5O2.2ClH/c23-12-2-5-29-15(10-26-16(29)8-12)17-18(22(31)27-21(17)30)19-14-9-13(24)7-11-1-4-28(20(11)14)6-3-25-19;;/h2-3,5-10H,1,4H2,(H,27,30,31);2*1H. The smallest absolute Gasteiger partial charge is 0.261 e. The molecule has 3 aromatic rings. The first-order valence-corrected chi connectivity index (χ1v) is 9.96. The van der Waals surface area contributed by atoms with E-state index in [0.717, 1.165) is 11.3 Å². The van der Waals surface area contributed by atoms with Crippen molar-refractivity contribution in [3.63, 3.8) is 0 Å². The number of aliphatic imine (C=N–C) groups is 1. The molecule has 6 rings (SSSR count). The molecule has 1 aromatic carbocycles. The van der Waals surface area contributed by atoms with Crippen molar-refractivity contribution >= 4 is 70.8 Å². The van der Waals surface area contributed by atoms with E-state index in [1.54, 1.807) is 35.1 Å². The van der Waals surface area contributed by atoms with Gasteiger partial charge in [0.25, 0.3) is 11.8 Å². The van der Waals surface area contributed by atoms with Crippen molar-refractivity contribution in [2.24, 2.45) is 4.99 Å². The van der Waals surface area contributed by atoms with Crippen LogP contribution in [0.15, 0.2) is 59.6 Å². The van der Waals surface area contributed by atoms with E-state index in [9.17, 15) is 14.0 Å². The number of imide groups is 1. The van der Waals surface area contributed by atoms with Crippen LogP contribution in [0.5, 0.6) is 0 Å². The molecule has 0 fully saturated rings. The summed E-state index contributed by atoms with van der Waals surface area (Å²) >= 11 is 6.05. The number of benzene rings is 1. The molecule has 3 aliphatic heterocycles. The van der Waals surface area contributed by atoms with Crippen LogP contribution in [0, 0.1) is 5.82 Å². The molecule has 0 aliphatic carbocycles. The van der Waals surface area contributed by atoms with Gasteiger partial charge in [-0.15, -0.1) is 24.8 Å². The molecule has 0 unspecified atom stereocenters. The lowest BCUT2D eigenvalue weighted by molar-refractivity contribution is -0.123. The van der Waals surface area contributed by atoms with Crippen molar-refractivity contribution in [1.29, 1.82) is 0 Å². The molecule has 0 saturated carbocycles. The van der Waals surface area contributed by atoms with Crippen LogP contribution in [0.1, 0.15) is 16.8 Å². The van der Waals surface area contributed by atoms with Crippen LogP contribution in [0.3, 0.4) is 0 Å². The monoisotopic (exact) mass is 505 g/mol. The number of pyridine rings is 1. The Hall–Kier alpha value is -3.20. The molecule has 168 valence electrons. The SMILES string of the molecule is Cl.Cl.O=C1NC(=O)C(c2cnc3cc(Cl)ccn23)=C1C1=NC=CN2CCc3cc(F)cc1c32. The summed E-state index contributed by atoms with van der Waals surface area (Å²) in [5.74, 6) is -1.56. The second-order valence-electron chi connectivity index (χ2n) is 7.43. The summed E-state index contributed by atoms with van der Waals surface area (Å²) in [6.07, 6.45) is 7.23. The number of fused-ring (bicyclic) bond motifs is 1. The Morgan fingerprint density at radius 3 is 2.70 bits per heavy atom. The van der Waals surface area contributed by atoms with Gasteiger partial charge < -0.3 is 4.90 Å². The van der Waals surface area contributed by atoms with Gasteiger partial charge in [0.05, 0.1) is 34.4 Å². The summed E-state index contributed by atoms with van der Waals surface area (Å²) in [5.41, 5.74) is 3.55. The fourth-order valence-electron chi connectivity index (χ4n) is 4.39. The normalized spacial score (nSPS) is 16.3. The minimum absolute atomic E-state index is 0. The lowest BCUT2D eigenvalue weighted by atomic mass is 9.94. The van der Waals surface area contributed by atoms with E-state index in [1.165, 1.54) is 18.3 Å². The zero-order valence-electron chi connectivity index (χ0n) is 16.7. The molecule has 11 heteroatoms. The average Bonchev–Trinajstić information content (AvgIpc) is 3.36. The van der Waals surface area contributed by atoms with Crippen LogP contribution >= 0.6 is 36.4 Å². The van der Waals surface area contributed by atoms with Gasteiger partial charge in [-0.05, 0) is 30.2 Å². The molecule has 0 bridgehead atoms. The van der Waals surface area contributed by atoms with E-state index in [4.69, 9.17) is 11.6 Å². The van der Waals surface area contributed by atoms with Crippen LogP contribution < -0.4 is 10.2 Å². The minimum atomic E-state index is -0.583. The molecule has 5 heterocycles. The van der Waals surface area contributed by atoms with Crippen molar-refractivity contribution in [3.05, 3.63) is 82.3 Å². The highest BCUT2D eigenvalue weighted by molar-refractivity contribution is 6.47. The number of anilines is 1. The third-order valence-corrected chi connectivity index (χ3v) is 5.90. The maximum absolute atomic E-state index is 14.4. The van der Waals surface area contributed by atoms with Crippen LogP contribution in [0.2, 0.25) is 5.02 Å². The van der Waals surface area contributed by atoms with Gasteiger partial charge in [-0.2, -0.15) is 0 Å². The number of imidazole rings is 1. The molecule has 2 amide bonds. The number of rotatable bonds is 2. The highest BCUT2D eigenvalue weighted by Crippen LogP contribution is 2.38. The van der Waals surface area contributed by atoms with Gasteiger partial charge in [-0.3, -0.25) is 24.3 Å². The lowest BCUT2D eigenvalue weighted by Crippen LogP contribution is -2.25. The topological polar surface area (TPSA) is 79.1 Å². The largest absolute Gasteiger partial charge is 0.345 e. The summed E-state index contributed by atoms with van der Waals surface area (Å²) < 4.78 is 16.1. The highest BCUT2D eigenvalue weighted by atomic mass is 35.5. The number of carbonyl (C=O) groups is 2. The first-order valence-electron chi connectivity index (χ1n) is 9.58. The van der Waals surface area contributed by atoms with E-state index in [1.807, 2.05) is 4.90 Å². The molecule has 0 spiro atoms. The summed E-state index contributed by atoms with van der Waals surface area (Å²) in [7, 11) is 0. The molecule has 7 nitrogen and oxygen atoms in total. The summed E-state index contributed by atoms with van der Waals surface area (Å²) in [4.78, 5) is 36.5. The third-order valence-electron chi connectivity index (χ3n) is 5.67. The Labute approximate surface area is 204 Å². The van der Waals surface area contributed by atoms with Crippen molar-refractivity contribution in [1.82, 2.24) is 14.7 Å². The number of nitrogens with one attached hydrogen (secondary N) is 1. The summed E-state index contributed by atoms with van der Waals surface area (Å²) in [5, 5.41) is 2.85. The number of halogens is 4. The predicted octanol–water partition coefficient (Wildman–Crippen LogP) is 3.72. The summed E-state index contributed by atoms with van der Waals surface area (Å²) in [6, 6.07) is 6.18. The Morgan fingerprint density at radius 1 is 1.09 bits per heavy atom. The van der Waals surface area contributed by atoms with E-state index in [0.29, 0.717) is 34.9 Å². The van der Waals surface area contributed by atoms with E-state index >= 15 is 0 Å². The van der Waals surface area contributed by atoms with Crippen molar-refractivity contribution in [3.8, 4) is 0 Å². The van der Waals surface area contributed by atoms with E-state index in [-0.39, 0.29) is 41.7 Å². The zero-order chi connectivity index (χ0) is 21.3. The highest BCUT2D eigenvalue weighted by Gasteiger charge is 2.38. The first kappa shape index (κ1) is 23.0. The molecule has 3 aliphatic rings. The van der Waals surface area contributed by atoms with Gasteiger partial charge >= 0.3 is 0 Å². The molecule has 0 radical (unpaired) electrons. The van der Waals surface area contributed by atoms with Crippen LogP contribution in [-0.2, 0) is 16.0 Å². The number of carbonyl (C=O) groups excluding carboxylic acids is 2.